The van der Waals surface area contributed by atoms with E-state index in [1.165, 1.54) is 11.6 Å². The fourth-order valence-electron chi connectivity index (χ4n) is 2.57. The number of thiophene rings is 1. The Morgan fingerprint density at radius 3 is 3.15 bits per heavy atom. The van der Waals surface area contributed by atoms with Crippen molar-refractivity contribution < 1.29 is 9.13 Å². The van der Waals surface area contributed by atoms with E-state index in [0.717, 1.165) is 30.7 Å². The van der Waals surface area contributed by atoms with Crippen LogP contribution in [0.25, 0.3) is 0 Å². The third kappa shape index (κ3) is 3.19. The van der Waals surface area contributed by atoms with E-state index in [0.29, 0.717) is 6.04 Å². The number of hydrogen-bond acceptors (Lipinski definition) is 3. The summed E-state index contributed by atoms with van der Waals surface area (Å²) in [6.07, 6.45) is 1.92. The summed E-state index contributed by atoms with van der Waals surface area (Å²) in [5.41, 5.74) is 2.34. The molecule has 0 amide bonds. The second kappa shape index (κ2) is 5.94. The predicted molar refractivity (Wildman–Crippen MR) is 80.0 cm³/mol. The maximum Gasteiger partial charge on any atom is 0.123 e. The van der Waals surface area contributed by atoms with Crippen LogP contribution in [-0.2, 0) is 12.8 Å². The first kappa shape index (κ1) is 13.6. The lowest BCUT2D eigenvalue weighted by atomic mass is 10.1. The van der Waals surface area contributed by atoms with Gasteiger partial charge in [-0.3, -0.25) is 0 Å². The molecule has 0 fully saturated rings. The molecule has 2 nitrogen and oxygen atoms in total. The molecule has 0 bridgehead atoms. The molecule has 3 rings (SSSR count). The highest BCUT2D eigenvalue weighted by molar-refractivity contribution is 7.07. The molecule has 0 spiro atoms. The van der Waals surface area contributed by atoms with Crippen LogP contribution >= 0.6 is 11.3 Å². The van der Waals surface area contributed by atoms with Crippen molar-refractivity contribution in [3.05, 3.63) is 52.0 Å². The van der Waals surface area contributed by atoms with Gasteiger partial charge in [0, 0.05) is 24.6 Å². The number of fused-ring (bicyclic) bond motifs is 1. The molecule has 0 aliphatic carbocycles. The topological polar surface area (TPSA) is 21.3 Å². The Morgan fingerprint density at radius 1 is 1.45 bits per heavy atom. The average Bonchev–Trinajstić information content (AvgIpc) is 3.04. The fraction of sp³-hybridized carbons (Fsp3) is 0.375. The maximum atomic E-state index is 13.1. The van der Waals surface area contributed by atoms with Crippen LogP contribution in [0.2, 0.25) is 0 Å². The normalized spacial score (nSPS) is 18.6. The molecule has 0 radical (unpaired) electrons. The Kier molecular flexibility index (Phi) is 4.03. The number of ether oxygens (including phenoxy) is 1. The van der Waals surface area contributed by atoms with Crippen LogP contribution in [0.4, 0.5) is 4.39 Å². The summed E-state index contributed by atoms with van der Waals surface area (Å²) in [7, 11) is 0. The van der Waals surface area contributed by atoms with Crippen molar-refractivity contribution in [1.82, 2.24) is 5.32 Å². The van der Waals surface area contributed by atoms with Crippen LogP contribution in [0, 0.1) is 5.82 Å². The molecule has 0 saturated heterocycles. The van der Waals surface area contributed by atoms with Crippen molar-refractivity contribution in [2.75, 3.05) is 6.54 Å². The summed E-state index contributed by atoms with van der Waals surface area (Å²) in [6, 6.07) is 7.32. The third-order valence-electron chi connectivity index (χ3n) is 3.58. The van der Waals surface area contributed by atoms with Gasteiger partial charge in [-0.05, 0) is 53.9 Å². The highest BCUT2D eigenvalue weighted by atomic mass is 32.1. The molecule has 1 aromatic heterocycles. The Balaban J connectivity index is 1.48. The highest BCUT2D eigenvalue weighted by Gasteiger charge is 2.23. The Morgan fingerprint density at radius 2 is 2.35 bits per heavy atom. The van der Waals surface area contributed by atoms with E-state index >= 15 is 0 Å². The molecule has 1 aliphatic heterocycles. The van der Waals surface area contributed by atoms with E-state index in [-0.39, 0.29) is 11.9 Å². The van der Waals surface area contributed by atoms with Gasteiger partial charge in [-0.15, -0.1) is 0 Å². The van der Waals surface area contributed by atoms with Gasteiger partial charge in [0.25, 0.3) is 0 Å². The van der Waals surface area contributed by atoms with Gasteiger partial charge in [-0.2, -0.15) is 11.3 Å². The smallest absolute Gasteiger partial charge is 0.123 e. The first-order valence-corrected chi connectivity index (χ1v) is 7.84. The second-order valence-corrected chi connectivity index (χ2v) is 6.12. The highest BCUT2D eigenvalue weighted by Crippen LogP contribution is 2.28. The minimum Gasteiger partial charge on any atom is -0.488 e. The minimum atomic E-state index is -0.188. The third-order valence-corrected chi connectivity index (χ3v) is 4.31. The van der Waals surface area contributed by atoms with Gasteiger partial charge in [0.05, 0.1) is 0 Å². The summed E-state index contributed by atoms with van der Waals surface area (Å²) in [6.45, 7) is 2.97. The van der Waals surface area contributed by atoms with Gasteiger partial charge in [0.1, 0.15) is 17.7 Å². The molecule has 2 unspecified atom stereocenters. The van der Waals surface area contributed by atoms with E-state index in [1.54, 1.807) is 23.5 Å². The molecule has 2 atom stereocenters. The molecule has 2 heterocycles. The largest absolute Gasteiger partial charge is 0.488 e. The summed E-state index contributed by atoms with van der Waals surface area (Å²) in [5.74, 6) is 0.635. The number of nitrogens with one attached hydrogen (secondary N) is 1. The predicted octanol–water partition coefficient (Wildman–Crippen LogP) is 3.41. The molecule has 0 saturated carbocycles. The molecule has 4 heteroatoms. The molecule has 2 aromatic rings. The van der Waals surface area contributed by atoms with Gasteiger partial charge in [0.2, 0.25) is 0 Å². The summed E-state index contributed by atoms with van der Waals surface area (Å²) >= 11 is 1.73. The summed E-state index contributed by atoms with van der Waals surface area (Å²) in [4.78, 5) is 0. The Bertz CT molecular complexity index is 570. The lowest BCUT2D eigenvalue weighted by molar-refractivity contribution is 0.222. The van der Waals surface area contributed by atoms with Crippen LogP contribution in [0.15, 0.2) is 35.0 Å². The molecular weight excluding hydrogens is 273 g/mol. The van der Waals surface area contributed by atoms with Crippen molar-refractivity contribution in [1.29, 1.82) is 0 Å². The number of halogens is 1. The van der Waals surface area contributed by atoms with E-state index in [4.69, 9.17) is 4.74 Å². The van der Waals surface area contributed by atoms with Crippen molar-refractivity contribution in [3.8, 4) is 5.75 Å². The van der Waals surface area contributed by atoms with Crippen molar-refractivity contribution in [3.63, 3.8) is 0 Å². The van der Waals surface area contributed by atoms with Crippen molar-refractivity contribution >= 4 is 11.3 Å². The standard InChI is InChI=1S/C16H18FNOS/c1-11(6-12-4-5-20-10-12)18-9-15-8-13-7-14(17)2-3-16(13)19-15/h2-5,7,10-11,15,18H,6,8-9H2,1H3. The molecule has 20 heavy (non-hydrogen) atoms. The summed E-state index contributed by atoms with van der Waals surface area (Å²) in [5, 5.41) is 7.79. The monoisotopic (exact) mass is 291 g/mol. The number of hydrogen-bond donors (Lipinski definition) is 1. The number of rotatable bonds is 5. The lowest BCUT2D eigenvalue weighted by Gasteiger charge is -2.17. The molecule has 1 aliphatic rings. The minimum absolute atomic E-state index is 0.108. The first-order valence-electron chi connectivity index (χ1n) is 6.90. The van der Waals surface area contributed by atoms with Gasteiger partial charge < -0.3 is 10.1 Å². The number of benzene rings is 1. The maximum absolute atomic E-state index is 13.1. The van der Waals surface area contributed by atoms with Crippen LogP contribution in [-0.4, -0.2) is 18.7 Å². The van der Waals surface area contributed by atoms with E-state index in [9.17, 15) is 4.39 Å². The van der Waals surface area contributed by atoms with Crippen molar-refractivity contribution in [2.24, 2.45) is 0 Å². The SMILES string of the molecule is CC(Cc1ccsc1)NCC1Cc2cc(F)ccc2O1. The van der Waals surface area contributed by atoms with E-state index in [2.05, 4.69) is 29.1 Å². The first-order chi connectivity index (χ1) is 9.70. The molecule has 1 N–H and O–H groups in total. The van der Waals surface area contributed by atoms with E-state index in [1.807, 2.05) is 0 Å². The second-order valence-electron chi connectivity index (χ2n) is 5.34. The summed E-state index contributed by atoms with van der Waals surface area (Å²) < 4.78 is 19.0. The lowest BCUT2D eigenvalue weighted by Crippen LogP contribution is -2.36. The van der Waals surface area contributed by atoms with E-state index < -0.39 is 0 Å². The van der Waals surface area contributed by atoms with Crippen LogP contribution in [0.3, 0.4) is 0 Å². The van der Waals surface area contributed by atoms with Gasteiger partial charge >= 0.3 is 0 Å². The van der Waals surface area contributed by atoms with Gasteiger partial charge in [-0.25, -0.2) is 4.39 Å². The van der Waals surface area contributed by atoms with Gasteiger partial charge in [0.15, 0.2) is 0 Å². The van der Waals surface area contributed by atoms with Gasteiger partial charge in [-0.1, -0.05) is 0 Å². The van der Waals surface area contributed by atoms with Crippen LogP contribution in [0.5, 0.6) is 5.75 Å². The van der Waals surface area contributed by atoms with Crippen molar-refractivity contribution in [2.45, 2.75) is 31.9 Å². The molecule has 1 aromatic carbocycles. The van der Waals surface area contributed by atoms with Crippen LogP contribution < -0.4 is 10.1 Å². The zero-order valence-corrected chi connectivity index (χ0v) is 12.3. The zero-order chi connectivity index (χ0) is 13.9. The average molecular weight is 291 g/mol. The molecular formula is C16H18FNOS. The van der Waals surface area contributed by atoms with Crippen LogP contribution in [0.1, 0.15) is 18.1 Å². The zero-order valence-electron chi connectivity index (χ0n) is 11.4. The Hall–Kier alpha value is -1.39. The Labute approximate surface area is 122 Å². The molecule has 106 valence electrons. The fourth-order valence-corrected chi connectivity index (χ4v) is 3.25. The quantitative estimate of drug-likeness (QED) is 0.911.